The van der Waals surface area contributed by atoms with Gasteiger partial charge in [0.05, 0.1) is 23.4 Å². The van der Waals surface area contributed by atoms with Gasteiger partial charge in [0.2, 0.25) is 0 Å². The van der Waals surface area contributed by atoms with E-state index in [1.54, 1.807) is 36.4 Å². The van der Waals surface area contributed by atoms with Crippen LogP contribution in [0, 0.1) is 12.7 Å². The second-order valence-electron chi connectivity index (χ2n) is 7.74. The molecule has 33 heavy (non-hydrogen) atoms. The molecule has 0 aromatic heterocycles. The fraction of sp³-hybridized carbons (Fsp3) is 0.217. The number of ether oxygens (including phenoxy) is 1. The Morgan fingerprint density at radius 2 is 1.70 bits per heavy atom. The lowest BCUT2D eigenvalue weighted by molar-refractivity contribution is 0.401. The maximum Gasteiger partial charge on any atom is 0.265 e. The van der Waals surface area contributed by atoms with Gasteiger partial charge in [-0.1, -0.05) is 23.8 Å². The molecule has 0 spiro atoms. The third kappa shape index (κ3) is 4.53. The average Bonchev–Trinajstić information content (AvgIpc) is 2.78. The molecule has 0 saturated carbocycles. The Kier molecular flexibility index (Phi) is 6.06. The molecule has 1 N–H and O–H groups in total. The molecule has 7 nitrogen and oxygen atoms in total. The minimum Gasteiger partial charge on any atom is -0.495 e. The fourth-order valence-electron chi connectivity index (χ4n) is 3.76. The minimum absolute atomic E-state index is 0.00886. The van der Waals surface area contributed by atoms with E-state index in [0.29, 0.717) is 18.5 Å². The number of rotatable bonds is 6. The number of sulfonamides is 2. The molecule has 0 saturated heterocycles. The van der Waals surface area contributed by atoms with Gasteiger partial charge in [-0.25, -0.2) is 21.2 Å². The molecule has 10 heteroatoms. The minimum atomic E-state index is -4.20. The van der Waals surface area contributed by atoms with Gasteiger partial charge >= 0.3 is 0 Å². The number of aryl methyl sites for hydroxylation is 2. The highest BCUT2D eigenvalue weighted by Crippen LogP contribution is 2.35. The van der Waals surface area contributed by atoms with Crippen LogP contribution in [0.3, 0.4) is 0 Å². The van der Waals surface area contributed by atoms with Crippen LogP contribution < -0.4 is 13.8 Å². The molecule has 0 bridgehead atoms. The lowest BCUT2D eigenvalue weighted by atomic mass is 10.0. The number of halogens is 1. The van der Waals surface area contributed by atoms with Gasteiger partial charge in [-0.3, -0.25) is 9.03 Å². The van der Waals surface area contributed by atoms with Crippen molar-refractivity contribution >= 4 is 31.4 Å². The van der Waals surface area contributed by atoms with Crippen LogP contribution in [0.5, 0.6) is 5.75 Å². The van der Waals surface area contributed by atoms with Crippen molar-refractivity contribution in [3.8, 4) is 5.75 Å². The Labute approximate surface area is 192 Å². The molecule has 4 rings (SSSR count). The monoisotopic (exact) mass is 490 g/mol. The van der Waals surface area contributed by atoms with E-state index in [1.165, 1.54) is 23.5 Å². The molecule has 0 atom stereocenters. The summed E-state index contributed by atoms with van der Waals surface area (Å²) in [6, 6.07) is 14.5. The summed E-state index contributed by atoms with van der Waals surface area (Å²) >= 11 is 0. The van der Waals surface area contributed by atoms with Crippen molar-refractivity contribution in [2.45, 2.75) is 29.6 Å². The highest BCUT2D eigenvalue weighted by molar-refractivity contribution is 7.93. The predicted molar refractivity (Wildman–Crippen MR) is 124 cm³/mol. The Bertz CT molecular complexity index is 1410. The third-order valence-electron chi connectivity index (χ3n) is 5.44. The van der Waals surface area contributed by atoms with Crippen LogP contribution in [0.2, 0.25) is 0 Å². The molecule has 0 fully saturated rings. The molecular weight excluding hydrogens is 467 g/mol. The normalized spacial score (nSPS) is 14.0. The Morgan fingerprint density at radius 3 is 2.39 bits per heavy atom. The summed E-state index contributed by atoms with van der Waals surface area (Å²) < 4.78 is 75.0. The van der Waals surface area contributed by atoms with Gasteiger partial charge < -0.3 is 4.74 Å². The van der Waals surface area contributed by atoms with Gasteiger partial charge in [0, 0.05) is 6.54 Å². The van der Waals surface area contributed by atoms with E-state index in [2.05, 4.69) is 4.72 Å². The van der Waals surface area contributed by atoms with Crippen molar-refractivity contribution < 1.29 is 26.0 Å². The zero-order valence-electron chi connectivity index (χ0n) is 18.1. The standard InChI is InChI=1S/C23H23FN2O5S2/c1-16-5-10-20(11-6-16)33(29,30)26-13-3-4-17-7-9-19(15-21(17)26)25-32(27,28)23-14-18(24)8-12-22(23)31-2/h5-12,14-15,25H,3-4,13H2,1-2H3. The van der Waals surface area contributed by atoms with E-state index in [9.17, 15) is 21.2 Å². The van der Waals surface area contributed by atoms with Crippen LogP contribution >= 0.6 is 0 Å². The number of fused-ring (bicyclic) bond motifs is 1. The summed E-state index contributed by atoms with van der Waals surface area (Å²) in [7, 11) is -6.74. The number of methoxy groups -OCH3 is 1. The number of anilines is 2. The first-order chi connectivity index (χ1) is 15.6. The summed E-state index contributed by atoms with van der Waals surface area (Å²) in [6.07, 6.45) is 1.31. The van der Waals surface area contributed by atoms with E-state index in [4.69, 9.17) is 4.74 Å². The van der Waals surface area contributed by atoms with Crippen LogP contribution in [0.15, 0.2) is 70.5 Å². The zero-order chi connectivity index (χ0) is 23.8. The van der Waals surface area contributed by atoms with Crippen molar-refractivity contribution in [3.63, 3.8) is 0 Å². The molecule has 1 aliphatic rings. The largest absolute Gasteiger partial charge is 0.495 e. The van der Waals surface area contributed by atoms with Crippen LogP contribution in [0.25, 0.3) is 0 Å². The molecule has 174 valence electrons. The van der Waals surface area contributed by atoms with Gasteiger partial charge in [0.15, 0.2) is 0 Å². The zero-order valence-corrected chi connectivity index (χ0v) is 19.7. The molecule has 0 unspecified atom stereocenters. The average molecular weight is 491 g/mol. The quantitative estimate of drug-likeness (QED) is 0.562. The maximum atomic E-state index is 13.7. The third-order valence-corrected chi connectivity index (χ3v) is 8.67. The molecule has 3 aromatic carbocycles. The molecule has 0 aliphatic carbocycles. The first-order valence-corrected chi connectivity index (χ1v) is 13.1. The van der Waals surface area contributed by atoms with Crippen molar-refractivity contribution in [2.24, 2.45) is 0 Å². The van der Waals surface area contributed by atoms with Gasteiger partial charge in [-0.2, -0.15) is 0 Å². The number of nitrogens with one attached hydrogen (secondary N) is 1. The number of benzene rings is 3. The predicted octanol–water partition coefficient (Wildman–Crippen LogP) is 4.09. The van der Waals surface area contributed by atoms with E-state index in [1.807, 2.05) is 6.92 Å². The summed E-state index contributed by atoms with van der Waals surface area (Å²) in [6.45, 7) is 2.15. The Balaban J connectivity index is 1.72. The lowest BCUT2D eigenvalue weighted by Gasteiger charge is -2.31. The van der Waals surface area contributed by atoms with Gasteiger partial charge in [0.1, 0.15) is 16.5 Å². The second-order valence-corrected chi connectivity index (χ2v) is 11.3. The van der Waals surface area contributed by atoms with Gasteiger partial charge in [0.25, 0.3) is 20.0 Å². The highest BCUT2D eigenvalue weighted by atomic mass is 32.2. The number of hydrogen-bond donors (Lipinski definition) is 1. The first-order valence-electron chi connectivity index (χ1n) is 10.2. The van der Waals surface area contributed by atoms with Crippen molar-refractivity contribution in [1.29, 1.82) is 0 Å². The van der Waals surface area contributed by atoms with Crippen LogP contribution in [-0.2, 0) is 26.5 Å². The summed E-state index contributed by atoms with van der Waals surface area (Å²) in [5.74, 6) is -0.734. The lowest BCUT2D eigenvalue weighted by Crippen LogP contribution is -2.35. The SMILES string of the molecule is COc1ccc(F)cc1S(=O)(=O)Nc1ccc2c(c1)N(S(=O)(=O)c1ccc(C)cc1)CCC2. The summed E-state index contributed by atoms with van der Waals surface area (Å²) in [4.78, 5) is -0.191. The van der Waals surface area contributed by atoms with Gasteiger partial charge in [-0.15, -0.1) is 0 Å². The maximum absolute atomic E-state index is 13.7. The van der Waals surface area contributed by atoms with E-state index in [0.717, 1.165) is 23.3 Å². The van der Waals surface area contributed by atoms with Crippen LogP contribution in [0.1, 0.15) is 17.5 Å². The van der Waals surface area contributed by atoms with E-state index in [-0.39, 0.29) is 27.8 Å². The Hall–Kier alpha value is -3.11. The van der Waals surface area contributed by atoms with Crippen molar-refractivity contribution in [3.05, 3.63) is 77.6 Å². The van der Waals surface area contributed by atoms with Crippen LogP contribution in [0.4, 0.5) is 15.8 Å². The van der Waals surface area contributed by atoms with Crippen molar-refractivity contribution in [1.82, 2.24) is 0 Å². The number of hydrogen-bond acceptors (Lipinski definition) is 5. The Morgan fingerprint density at radius 1 is 0.970 bits per heavy atom. The topological polar surface area (TPSA) is 92.8 Å². The van der Waals surface area contributed by atoms with E-state index < -0.39 is 25.9 Å². The number of nitrogens with zero attached hydrogens (tertiary/aromatic N) is 1. The molecule has 0 radical (unpaired) electrons. The smallest absolute Gasteiger partial charge is 0.265 e. The summed E-state index contributed by atoms with van der Waals surface area (Å²) in [5.41, 5.74) is 2.31. The molecule has 3 aromatic rings. The first kappa shape index (κ1) is 23.1. The fourth-order valence-corrected chi connectivity index (χ4v) is 6.53. The molecular formula is C23H23FN2O5S2. The highest BCUT2D eigenvalue weighted by Gasteiger charge is 2.30. The second kappa shape index (κ2) is 8.68. The van der Waals surface area contributed by atoms with Crippen molar-refractivity contribution in [2.75, 3.05) is 22.7 Å². The molecule has 0 amide bonds. The molecule has 1 aliphatic heterocycles. The summed E-state index contributed by atoms with van der Waals surface area (Å²) in [5, 5.41) is 0. The van der Waals surface area contributed by atoms with Crippen LogP contribution in [-0.4, -0.2) is 30.5 Å². The van der Waals surface area contributed by atoms with E-state index >= 15 is 0 Å². The van der Waals surface area contributed by atoms with Gasteiger partial charge in [-0.05, 0) is 67.8 Å². The molecule has 1 heterocycles.